The predicted octanol–water partition coefficient (Wildman–Crippen LogP) is 1.45. The van der Waals surface area contributed by atoms with Gasteiger partial charge in [0.25, 0.3) is 0 Å². The van der Waals surface area contributed by atoms with Gasteiger partial charge in [-0.3, -0.25) is 0 Å². The van der Waals surface area contributed by atoms with Crippen molar-refractivity contribution in [2.45, 2.75) is 19.9 Å². The topological polar surface area (TPSA) is 23.8 Å². The van der Waals surface area contributed by atoms with E-state index >= 15 is 0 Å². The molecule has 0 fully saturated rings. The second-order valence-corrected chi connectivity index (χ2v) is 4.15. The molecule has 0 aliphatic carbocycles. The van der Waals surface area contributed by atoms with Gasteiger partial charge < -0.3 is 5.73 Å². The summed E-state index contributed by atoms with van der Waals surface area (Å²) in [7, 11) is 0. The van der Waals surface area contributed by atoms with E-state index in [9.17, 15) is 0 Å². The molecule has 0 saturated heterocycles. The maximum atomic E-state index is 8.34. The van der Waals surface area contributed by atoms with Crippen LogP contribution in [0.25, 0.3) is 5.73 Å². The van der Waals surface area contributed by atoms with Crippen LogP contribution in [0.4, 0.5) is 0 Å². The number of benzene rings is 2. The first-order valence-electron chi connectivity index (χ1n) is 5.52. The first-order valence-corrected chi connectivity index (χ1v) is 5.52. The monoisotopic (exact) mass is 217 g/mol. The van der Waals surface area contributed by atoms with Gasteiger partial charge in [0, 0.05) is 0 Å². The van der Waals surface area contributed by atoms with Gasteiger partial charge in [-0.05, 0) is 25.0 Å². The quantitative estimate of drug-likeness (QED) is 0.680. The van der Waals surface area contributed by atoms with Crippen LogP contribution in [-0.4, -0.2) is 0 Å². The molecule has 0 amide bonds. The Morgan fingerprint density at radius 3 is 1.47 bits per heavy atom. The number of hydrogen-bond acceptors (Lipinski definition) is 0. The smallest absolute Gasteiger partial charge is 0.667 e. The van der Waals surface area contributed by atoms with E-state index in [1.807, 2.05) is 36.4 Å². The second-order valence-electron chi connectivity index (χ2n) is 4.15. The fourth-order valence-corrected chi connectivity index (χ4v) is 1.99. The third-order valence-electron chi connectivity index (χ3n) is 3.00. The van der Waals surface area contributed by atoms with Gasteiger partial charge in [0.05, 0.1) is 0 Å². The van der Waals surface area contributed by atoms with Crippen molar-refractivity contribution in [1.29, 1.82) is 0 Å². The molecule has 2 aromatic rings. The predicted molar refractivity (Wildman–Crippen MR) is 68.5 cm³/mol. The molecule has 0 saturated carbocycles. The molecule has 0 aliphatic rings. The van der Waals surface area contributed by atoms with E-state index in [1.54, 1.807) is 0 Å². The van der Waals surface area contributed by atoms with E-state index in [0.717, 1.165) is 11.1 Å². The van der Waals surface area contributed by atoms with Crippen molar-refractivity contribution in [3.8, 4) is 0 Å². The van der Waals surface area contributed by atoms with Gasteiger partial charge in [-0.25, -0.2) is 0 Å². The molecule has 0 bridgehead atoms. The van der Waals surface area contributed by atoms with E-state index in [2.05, 4.69) is 26.0 Å². The molecule has 0 radical (unpaired) electrons. The summed E-state index contributed by atoms with van der Waals surface area (Å²) in [6.07, 6.45) is 0. The Hall–Kier alpha value is -1.00. The van der Waals surface area contributed by atoms with Crippen LogP contribution in [0.15, 0.2) is 48.5 Å². The fourth-order valence-electron chi connectivity index (χ4n) is 1.99. The molecule has 0 unspecified atom stereocenters. The molecular formula is C15H16LiN. The molecule has 1 N–H and O–H groups in total. The van der Waals surface area contributed by atoms with Crippen LogP contribution in [0.5, 0.6) is 0 Å². The Balaban J connectivity index is 0.00000144. The number of aryl methyl sites for hydroxylation is 2. The summed E-state index contributed by atoms with van der Waals surface area (Å²) >= 11 is 0. The molecule has 0 aliphatic heterocycles. The normalized spacial score (nSPS) is 10.1. The summed E-state index contributed by atoms with van der Waals surface area (Å²) in [5.41, 5.74) is 12.9. The number of hydrogen-bond donors (Lipinski definition) is 0. The van der Waals surface area contributed by atoms with Crippen molar-refractivity contribution in [2.75, 3.05) is 0 Å². The molecule has 2 aromatic carbocycles. The molecule has 0 aromatic heterocycles. The Labute approximate surface area is 115 Å². The van der Waals surface area contributed by atoms with Gasteiger partial charge in [0.15, 0.2) is 0 Å². The Morgan fingerprint density at radius 1 is 0.765 bits per heavy atom. The minimum Gasteiger partial charge on any atom is -0.667 e. The average Bonchev–Trinajstić information content (AvgIpc) is 2.29. The Bertz CT molecular complexity index is 448. The van der Waals surface area contributed by atoms with E-state index in [0.29, 0.717) is 0 Å². The summed E-state index contributed by atoms with van der Waals surface area (Å²) in [5, 5.41) is 0. The van der Waals surface area contributed by atoms with E-state index in [-0.39, 0.29) is 24.9 Å². The third kappa shape index (κ3) is 3.01. The maximum Gasteiger partial charge on any atom is 1.00 e. The Morgan fingerprint density at radius 2 is 1.12 bits per heavy atom. The molecule has 0 spiro atoms. The SMILES string of the molecule is Cc1ccccc1C([NH-])c1ccccc1C.[Li+]. The molecule has 0 atom stereocenters. The molecule has 1 nitrogen and oxygen atoms in total. The average molecular weight is 217 g/mol. The molecule has 17 heavy (non-hydrogen) atoms. The number of rotatable bonds is 2. The molecule has 2 rings (SSSR count). The fraction of sp³-hybridized carbons (Fsp3) is 0.200. The van der Waals surface area contributed by atoms with Crippen LogP contribution in [-0.2, 0) is 0 Å². The molecule has 82 valence electrons. The molecule has 0 heterocycles. The van der Waals surface area contributed by atoms with Gasteiger partial charge in [0.2, 0.25) is 0 Å². The summed E-state index contributed by atoms with van der Waals surface area (Å²) < 4.78 is 0. The molecular weight excluding hydrogens is 201 g/mol. The van der Waals surface area contributed by atoms with Crippen molar-refractivity contribution in [3.63, 3.8) is 0 Å². The van der Waals surface area contributed by atoms with Gasteiger partial charge in [0.1, 0.15) is 0 Å². The van der Waals surface area contributed by atoms with E-state index in [4.69, 9.17) is 5.73 Å². The van der Waals surface area contributed by atoms with Crippen LogP contribution in [0.2, 0.25) is 0 Å². The second kappa shape index (κ2) is 6.07. The Kier molecular flexibility index (Phi) is 5.02. The summed E-state index contributed by atoms with van der Waals surface area (Å²) in [4.78, 5) is 0. The first kappa shape index (κ1) is 14.1. The minimum atomic E-state index is -0.276. The van der Waals surface area contributed by atoms with Crippen molar-refractivity contribution in [1.82, 2.24) is 0 Å². The standard InChI is InChI=1S/C15H16N.Li/c1-11-7-3-5-9-13(11)15(16)14-10-6-4-8-12(14)2;/h3-10,15-16H,1-2H3;/q-1;+1. The first-order chi connectivity index (χ1) is 7.70. The third-order valence-corrected chi connectivity index (χ3v) is 3.00. The van der Waals surface area contributed by atoms with Crippen molar-refractivity contribution in [3.05, 3.63) is 76.5 Å². The van der Waals surface area contributed by atoms with Crippen LogP contribution >= 0.6 is 0 Å². The zero-order valence-electron chi connectivity index (χ0n) is 10.7. The number of nitrogens with one attached hydrogen (secondary N) is 1. The zero-order valence-corrected chi connectivity index (χ0v) is 10.7. The van der Waals surface area contributed by atoms with Crippen LogP contribution in [0.3, 0.4) is 0 Å². The van der Waals surface area contributed by atoms with Gasteiger partial charge in [-0.15, -0.1) is 0 Å². The van der Waals surface area contributed by atoms with Crippen LogP contribution < -0.4 is 18.9 Å². The molecule has 2 heteroatoms. The van der Waals surface area contributed by atoms with Crippen molar-refractivity contribution >= 4 is 0 Å². The van der Waals surface area contributed by atoms with Crippen LogP contribution in [0, 0.1) is 13.8 Å². The van der Waals surface area contributed by atoms with Gasteiger partial charge in [-0.2, -0.15) is 0 Å². The van der Waals surface area contributed by atoms with Crippen LogP contribution in [0.1, 0.15) is 28.3 Å². The van der Waals surface area contributed by atoms with E-state index in [1.165, 1.54) is 11.1 Å². The summed E-state index contributed by atoms with van der Waals surface area (Å²) in [6.45, 7) is 4.13. The largest absolute Gasteiger partial charge is 1.00 e. The zero-order chi connectivity index (χ0) is 11.5. The van der Waals surface area contributed by atoms with Gasteiger partial charge >= 0.3 is 18.9 Å². The van der Waals surface area contributed by atoms with Crippen molar-refractivity contribution < 1.29 is 18.9 Å². The minimum absolute atomic E-state index is 0. The van der Waals surface area contributed by atoms with Gasteiger partial charge in [-0.1, -0.05) is 65.7 Å². The maximum absolute atomic E-state index is 8.34. The summed E-state index contributed by atoms with van der Waals surface area (Å²) in [6, 6.07) is 16.0. The summed E-state index contributed by atoms with van der Waals surface area (Å²) in [5.74, 6) is 0. The van der Waals surface area contributed by atoms with Crippen molar-refractivity contribution in [2.24, 2.45) is 0 Å². The van der Waals surface area contributed by atoms with E-state index < -0.39 is 0 Å².